The molecule has 1 aromatic rings. The Balaban J connectivity index is 1.32. The van der Waals surface area contributed by atoms with E-state index in [0.29, 0.717) is 18.3 Å². The third-order valence-corrected chi connectivity index (χ3v) is 8.06. The minimum absolute atomic E-state index is 0.000790. The van der Waals surface area contributed by atoms with Crippen LogP contribution in [0.4, 0.5) is 4.39 Å². The first kappa shape index (κ1) is 21.7. The van der Waals surface area contributed by atoms with Crippen LogP contribution in [0.1, 0.15) is 80.1 Å². The summed E-state index contributed by atoms with van der Waals surface area (Å²) in [4.78, 5) is 25.8. The standard InChI is InChI=1S/C26H34FNO4/c1-3-31-24(29)14-28(2)25(30)21-9-20(19-4-5-19)23(10-22(21)27)32-15-26-11-16-6-17(12-26)8-18(7-16)13-26/h9-10,16-19H,3-8,11-15H2,1-2H3. The van der Waals surface area contributed by atoms with Crippen molar-refractivity contribution in [1.29, 1.82) is 0 Å². The Labute approximate surface area is 189 Å². The Bertz CT molecular complexity index is 874. The average molecular weight is 444 g/mol. The van der Waals surface area contributed by atoms with E-state index in [1.54, 1.807) is 13.0 Å². The first-order valence-electron chi connectivity index (χ1n) is 12.2. The van der Waals surface area contributed by atoms with Crippen molar-refractivity contribution in [2.75, 3.05) is 26.8 Å². The van der Waals surface area contributed by atoms with Gasteiger partial charge in [-0.1, -0.05) is 0 Å². The van der Waals surface area contributed by atoms with Gasteiger partial charge in [0.1, 0.15) is 18.1 Å². The van der Waals surface area contributed by atoms with Crippen molar-refractivity contribution in [2.24, 2.45) is 23.2 Å². The van der Waals surface area contributed by atoms with Crippen molar-refractivity contribution in [3.63, 3.8) is 0 Å². The number of hydrogen-bond donors (Lipinski definition) is 0. The maximum absolute atomic E-state index is 15.1. The number of hydrogen-bond acceptors (Lipinski definition) is 4. The number of esters is 1. The Morgan fingerprint density at radius 1 is 1.09 bits per heavy atom. The molecule has 32 heavy (non-hydrogen) atoms. The summed E-state index contributed by atoms with van der Waals surface area (Å²) in [7, 11) is 1.49. The predicted octanol–water partition coefficient (Wildman–Crippen LogP) is 4.93. The van der Waals surface area contributed by atoms with Crippen LogP contribution in [0.3, 0.4) is 0 Å². The lowest BCUT2D eigenvalue weighted by Crippen LogP contribution is -2.48. The van der Waals surface area contributed by atoms with E-state index in [1.165, 1.54) is 56.5 Å². The van der Waals surface area contributed by atoms with Crippen LogP contribution in [-0.2, 0) is 9.53 Å². The molecule has 174 valence electrons. The summed E-state index contributed by atoms with van der Waals surface area (Å²) in [6, 6.07) is 3.06. The fourth-order valence-corrected chi connectivity index (χ4v) is 6.95. The zero-order chi connectivity index (χ0) is 22.5. The van der Waals surface area contributed by atoms with Crippen molar-refractivity contribution in [2.45, 2.75) is 64.2 Å². The Morgan fingerprint density at radius 2 is 1.72 bits per heavy atom. The first-order valence-corrected chi connectivity index (χ1v) is 12.2. The maximum atomic E-state index is 15.1. The fraction of sp³-hybridized carbons (Fsp3) is 0.692. The number of carbonyl (C=O) groups excluding carboxylic acids is 2. The minimum atomic E-state index is -0.587. The molecule has 6 rings (SSSR count). The average Bonchev–Trinajstić information content (AvgIpc) is 3.56. The normalized spacial score (nSPS) is 30.3. The number of rotatable bonds is 8. The van der Waals surface area contributed by atoms with Crippen molar-refractivity contribution in [3.8, 4) is 5.75 Å². The van der Waals surface area contributed by atoms with Gasteiger partial charge in [-0.2, -0.15) is 0 Å². The summed E-state index contributed by atoms with van der Waals surface area (Å²) in [6.45, 7) is 2.42. The van der Waals surface area contributed by atoms with Crippen LogP contribution in [-0.4, -0.2) is 43.6 Å². The molecule has 0 aromatic heterocycles. The summed E-state index contributed by atoms with van der Waals surface area (Å²) in [5, 5.41) is 0. The van der Waals surface area contributed by atoms with Gasteiger partial charge in [0.25, 0.3) is 5.91 Å². The maximum Gasteiger partial charge on any atom is 0.325 e. The molecule has 0 radical (unpaired) electrons. The number of ether oxygens (including phenoxy) is 2. The van der Waals surface area contributed by atoms with Crippen molar-refractivity contribution >= 4 is 11.9 Å². The van der Waals surface area contributed by atoms with Gasteiger partial charge in [-0.15, -0.1) is 0 Å². The molecule has 0 atom stereocenters. The van der Waals surface area contributed by atoms with Gasteiger partial charge in [0.2, 0.25) is 0 Å². The van der Waals surface area contributed by atoms with Crippen LogP contribution >= 0.6 is 0 Å². The van der Waals surface area contributed by atoms with Crippen LogP contribution in [0.15, 0.2) is 12.1 Å². The van der Waals surface area contributed by atoms with Crippen molar-refractivity contribution in [3.05, 3.63) is 29.1 Å². The van der Waals surface area contributed by atoms with Gasteiger partial charge in [-0.3, -0.25) is 9.59 Å². The molecule has 6 heteroatoms. The largest absolute Gasteiger partial charge is 0.493 e. The molecule has 0 unspecified atom stereocenters. The number of benzene rings is 1. The summed E-state index contributed by atoms with van der Waals surface area (Å²) >= 11 is 0. The molecule has 1 aromatic carbocycles. The summed E-state index contributed by atoms with van der Waals surface area (Å²) in [5.41, 5.74) is 1.19. The Morgan fingerprint density at radius 3 is 2.28 bits per heavy atom. The van der Waals surface area contributed by atoms with E-state index in [4.69, 9.17) is 9.47 Å². The highest BCUT2D eigenvalue weighted by Gasteiger charge is 2.51. The van der Waals surface area contributed by atoms with E-state index in [1.807, 2.05) is 0 Å². The quantitative estimate of drug-likeness (QED) is 0.535. The lowest BCUT2D eigenvalue weighted by atomic mass is 9.50. The van der Waals surface area contributed by atoms with Gasteiger partial charge < -0.3 is 14.4 Å². The monoisotopic (exact) mass is 443 g/mol. The highest BCUT2D eigenvalue weighted by atomic mass is 19.1. The first-order chi connectivity index (χ1) is 15.4. The van der Waals surface area contributed by atoms with Gasteiger partial charge >= 0.3 is 5.97 Å². The van der Waals surface area contributed by atoms with E-state index in [0.717, 1.165) is 36.2 Å². The number of nitrogens with zero attached hydrogens (tertiary/aromatic N) is 1. The molecule has 4 bridgehead atoms. The third-order valence-electron chi connectivity index (χ3n) is 8.06. The summed E-state index contributed by atoms with van der Waals surface area (Å²) < 4.78 is 26.3. The van der Waals surface area contributed by atoms with E-state index >= 15 is 4.39 Å². The molecule has 5 aliphatic carbocycles. The number of halogens is 1. The minimum Gasteiger partial charge on any atom is -0.493 e. The SMILES string of the molecule is CCOC(=O)CN(C)C(=O)c1cc(C2CC2)c(OCC23CC4CC(CC(C4)C2)C3)cc1F. The number of likely N-dealkylation sites (N-methyl/N-ethyl adjacent to an activating group) is 1. The molecular weight excluding hydrogens is 409 g/mol. The highest BCUT2D eigenvalue weighted by molar-refractivity contribution is 5.96. The van der Waals surface area contributed by atoms with Crippen molar-refractivity contribution in [1.82, 2.24) is 4.90 Å². The zero-order valence-electron chi connectivity index (χ0n) is 19.2. The predicted molar refractivity (Wildman–Crippen MR) is 118 cm³/mol. The summed E-state index contributed by atoms with van der Waals surface area (Å²) in [6.07, 6.45) is 9.96. The molecule has 5 fully saturated rings. The molecule has 0 saturated heterocycles. The molecule has 5 aliphatic rings. The molecule has 0 spiro atoms. The van der Waals surface area contributed by atoms with Crippen LogP contribution in [0.5, 0.6) is 5.75 Å². The second-order valence-electron chi connectivity index (χ2n) is 10.8. The number of amides is 1. The van der Waals surface area contributed by atoms with Gasteiger partial charge in [0.15, 0.2) is 0 Å². The second kappa shape index (κ2) is 8.35. The molecule has 5 nitrogen and oxygen atoms in total. The van der Waals surface area contributed by atoms with E-state index in [-0.39, 0.29) is 24.1 Å². The zero-order valence-corrected chi connectivity index (χ0v) is 19.2. The van der Waals surface area contributed by atoms with Gasteiger partial charge in [0, 0.05) is 18.5 Å². The van der Waals surface area contributed by atoms with Crippen LogP contribution < -0.4 is 4.74 Å². The molecule has 0 heterocycles. The smallest absolute Gasteiger partial charge is 0.325 e. The number of carbonyl (C=O) groups is 2. The Hall–Kier alpha value is -2.11. The van der Waals surface area contributed by atoms with Crippen LogP contribution in [0.2, 0.25) is 0 Å². The van der Waals surface area contributed by atoms with Gasteiger partial charge in [-0.25, -0.2) is 4.39 Å². The van der Waals surface area contributed by atoms with E-state index < -0.39 is 17.7 Å². The fourth-order valence-electron chi connectivity index (χ4n) is 6.95. The molecule has 0 aliphatic heterocycles. The van der Waals surface area contributed by atoms with Crippen molar-refractivity contribution < 1.29 is 23.5 Å². The Kier molecular flexibility index (Phi) is 5.67. The van der Waals surface area contributed by atoms with E-state index in [9.17, 15) is 9.59 Å². The molecule has 1 amide bonds. The topological polar surface area (TPSA) is 55.8 Å². The summed E-state index contributed by atoms with van der Waals surface area (Å²) in [5.74, 6) is 1.87. The molecule has 0 N–H and O–H groups in total. The highest BCUT2D eigenvalue weighted by Crippen LogP contribution is 2.60. The second-order valence-corrected chi connectivity index (χ2v) is 10.8. The molecule has 5 saturated carbocycles. The van der Waals surface area contributed by atoms with Crippen LogP contribution in [0.25, 0.3) is 0 Å². The van der Waals surface area contributed by atoms with E-state index in [2.05, 4.69) is 0 Å². The molecular formula is C26H34FNO4. The lowest BCUT2D eigenvalue weighted by Gasteiger charge is -2.56. The third kappa shape index (κ3) is 4.25. The lowest BCUT2D eigenvalue weighted by molar-refractivity contribution is -0.143. The van der Waals surface area contributed by atoms with Crippen LogP contribution in [0, 0.1) is 29.0 Å². The van der Waals surface area contributed by atoms with Gasteiger partial charge in [0.05, 0.1) is 18.8 Å². The van der Waals surface area contributed by atoms with Gasteiger partial charge in [-0.05, 0) is 93.6 Å².